The van der Waals surface area contributed by atoms with Crippen LogP contribution >= 0.6 is 35.0 Å². The molecule has 1 aliphatic heterocycles. The van der Waals surface area contributed by atoms with E-state index in [0.717, 1.165) is 16.8 Å². The summed E-state index contributed by atoms with van der Waals surface area (Å²) in [6.07, 6.45) is 1.69. The summed E-state index contributed by atoms with van der Waals surface area (Å²) in [6, 6.07) is 15.0. The quantitative estimate of drug-likeness (QED) is 0.455. The van der Waals surface area contributed by atoms with Crippen LogP contribution in [0, 0.1) is 13.8 Å². The summed E-state index contributed by atoms with van der Waals surface area (Å²) < 4.78 is 5.85. The molecule has 1 amide bonds. The van der Waals surface area contributed by atoms with Crippen LogP contribution in [-0.4, -0.2) is 11.1 Å². The van der Waals surface area contributed by atoms with Gasteiger partial charge in [-0.3, -0.25) is 4.79 Å². The predicted octanol–water partition coefficient (Wildman–Crippen LogP) is 6.76. The van der Waals surface area contributed by atoms with Gasteiger partial charge in [0.2, 0.25) is 0 Å². The number of amides is 1. The number of thioether (sulfide) groups is 1. The number of carbonyl (C=O) groups excluding carboxylic acids is 1. The molecule has 1 aromatic heterocycles. The van der Waals surface area contributed by atoms with Gasteiger partial charge in [0.15, 0.2) is 5.17 Å². The summed E-state index contributed by atoms with van der Waals surface area (Å²) in [4.78, 5) is 17.4. The number of aliphatic imine (C=N–C) groups is 1. The molecule has 0 saturated carbocycles. The average molecular weight is 443 g/mol. The highest BCUT2D eigenvalue weighted by molar-refractivity contribution is 8.18. The zero-order chi connectivity index (χ0) is 20.5. The second-order valence-corrected chi connectivity index (χ2v) is 8.45. The monoisotopic (exact) mass is 442 g/mol. The predicted molar refractivity (Wildman–Crippen MR) is 121 cm³/mol. The number of rotatable bonds is 3. The fourth-order valence-electron chi connectivity index (χ4n) is 3.01. The smallest absolute Gasteiger partial charge is 0.264 e. The third-order valence-corrected chi connectivity index (χ3v) is 5.93. The van der Waals surface area contributed by atoms with Gasteiger partial charge >= 0.3 is 0 Å². The molecule has 2 aromatic carbocycles. The van der Waals surface area contributed by atoms with E-state index < -0.39 is 0 Å². The van der Waals surface area contributed by atoms with Crippen LogP contribution in [0.5, 0.6) is 0 Å². The molecule has 3 aromatic rings. The van der Waals surface area contributed by atoms with E-state index in [1.165, 1.54) is 11.8 Å². The highest BCUT2D eigenvalue weighted by Crippen LogP contribution is 2.35. The number of furan rings is 1. The van der Waals surface area contributed by atoms with Gasteiger partial charge < -0.3 is 9.73 Å². The van der Waals surface area contributed by atoms with Gasteiger partial charge in [0.1, 0.15) is 11.5 Å². The summed E-state index contributed by atoms with van der Waals surface area (Å²) in [5.74, 6) is 0.912. The van der Waals surface area contributed by atoms with Crippen LogP contribution in [-0.2, 0) is 4.79 Å². The van der Waals surface area contributed by atoms with Crippen molar-refractivity contribution in [3.63, 3.8) is 0 Å². The van der Waals surface area contributed by atoms with Crippen molar-refractivity contribution in [1.82, 2.24) is 5.32 Å². The molecule has 0 spiro atoms. The minimum Gasteiger partial charge on any atom is -0.457 e. The Morgan fingerprint density at radius 2 is 1.83 bits per heavy atom. The van der Waals surface area contributed by atoms with E-state index in [-0.39, 0.29) is 5.91 Å². The van der Waals surface area contributed by atoms with Crippen LogP contribution in [0.25, 0.3) is 17.4 Å². The van der Waals surface area contributed by atoms with Crippen molar-refractivity contribution in [2.24, 2.45) is 4.99 Å². The Morgan fingerprint density at radius 3 is 2.59 bits per heavy atom. The number of amidine groups is 1. The van der Waals surface area contributed by atoms with E-state index in [4.69, 9.17) is 27.6 Å². The van der Waals surface area contributed by atoms with Gasteiger partial charge in [-0.2, -0.15) is 0 Å². The zero-order valence-electron chi connectivity index (χ0n) is 15.6. The SMILES string of the molecule is Cc1cc(C)cc(N=C2NC(=O)/C(=C/c3ccc(-c4cccc(Cl)c4Cl)o3)S2)c1. The van der Waals surface area contributed by atoms with Crippen LogP contribution in [0.1, 0.15) is 16.9 Å². The number of benzene rings is 2. The van der Waals surface area contributed by atoms with E-state index in [9.17, 15) is 4.79 Å². The third-order valence-electron chi connectivity index (χ3n) is 4.21. The highest BCUT2D eigenvalue weighted by atomic mass is 35.5. The number of carbonyl (C=O) groups is 1. The number of halogens is 2. The van der Waals surface area contributed by atoms with Crippen molar-refractivity contribution < 1.29 is 9.21 Å². The van der Waals surface area contributed by atoms with Crippen LogP contribution < -0.4 is 5.32 Å². The molecule has 2 heterocycles. The number of nitrogens with zero attached hydrogens (tertiary/aromatic N) is 1. The first-order chi connectivity index (χ1) is 13.9. The fourth-order valence-corrected chi connectivity index (χ4v) is 4.23. The van der Waals surface area contributed by atoms with Crippen LogP contribution in [0.2, 0.25) is 10.0 Å². The van der Waals surface area contributed by atoms with Crippen LogP contribution in [0.4, 0.5) is 5.69 Å². The average Bonchev–Trinajstić information content (AvgIpc) is 3.24. The Labute approximate surface area is 182 Å². The molecule has 29 heavy (non-hydrogen) atoms. The summed E-state index contributed by atoms with van der Waals surface area (Å²) in [6.45, 7) is 4.03. The number of hydrogen-bond donors (Lipinski definition) is 1. The van der Waals surface area contributed by atoms with Gasteiger partial charge in [0.05, 0.1) is 20.6 Å². The Hall–Kier alpha value is -2.47. The second kappa shape index (κ2) is 8.11. The Bertz CT molecular complexity index is 1160. The lowest BCUT2D eigenvalue weighted by atomic mass is 10.1. The van der Waals surface area contributed by atoms with Crippen molar-refractivity contribution in [3.8, 4) is 11.3 Å². The summed E-state index contributed by atoms with van der Waals surface area (Å²) in [7, 11) is 0. The molecule has 0 atom stereocenters. The van der Waals surface area contributed by atoms with Gasteiger partial charge in [-0.05, 0) is 73.1 Å². The van der Waals surface area contributed by atoms with Gasteiger partial charge in [0, 0.05) is 11.6 Å². The van der Waals surface area contributed by atoms with Crippen molar-refractivity contribution in [3.05, 3.63) is 80.4 Å². The lowest BCUT2D eigenvalue weighted by Gasteiger charge is -2.02. The molecular weight excluding hydrogens is 427 g/mol. The van der Waals surface area contributed by atoms with Gasteiger partial charge in [-0.25, -0.2) is 4.99 Å². The summed E-state index contributed by atoms with van der Waals surface area (Å²) in [5, 5.41) is 4.22. The maximum absolute atomic E-state index is 12.3. The molecule has 4 nitrogen and oxygen atoms in total. The van der Waals surface area contributed by atoms with Gasteiger partial charge in [-0.1, -0.05) is 35.3 Å². The molecule has 1 fully saturated rings. The molecule has 1 aliphatic rings. The van der Waals surface area contributed by atoms with Crippen LogP contribution in [0.15, 0.2) is 62.8 Å². The van der Waals surface area contributed by atoms with Crippen LogP contribution in [0.3, 0.4) is 0 Å². The van der Waals surface area contributed by atoms with E-state index in [1.54, 1.807) is 30.3 Å². The number of nitrogens with one attached hydrogen (secondary N) is 1. The van der Waals surface area contributed by atoms with E-state index in [1.807, 2.05) is 32.0 Å². The van der Waals surface area contributed by atoms with Crippen molar-refractivity contribution >= 4 is 57.8 Å². The first-order valence-corrected chi connectivity index (χ1v) is 10.4. The van der Waals surface area contributed by atoms with E-state index in [0.29, 0.717) is 37.2 Å². The fraction of sp³-hybridized carbons (Fsp3) is 0.0909. The molecule has 0 bridgehead atoms. The number of aryl methyl sites for hydroxylation is 2. The van der Waals surface area contributed by atoms with E-state index in [2.05, 4.69) is 16.4 Å². The molecule has 1 saturated heterocycles. The topological polar surface area (TPSA) is 54.6 Å². The molecule has 0 aliphatic carbocycles. The highest BCUT2D eigenvalue weighted by Gasteiger charge is 2.24. The van der Waals surface area contributed by atoms with Gasteiger partial charge in [0.25, 0.3) is 5.91 Å². The van der Waals surface area contributed by atoms with Gasteiger partial charge in [-0.15, -0.1) is 0 Å². The lowest BCUT2D eigenvalue weighted by molar-refractivity contribution is -0.115. The summed E-state index contributed by atoms with van der Waals surface area (Å²) in [5.41, 5.74) is 3.75. The maximum Gasteiger partial charge on any atom is 0.264 e. The molecular formula is C22H16Cl2N2O2S. The van der Waals surface area contributed by atoms with Crippen molar-refractivity contribution in [2.45, 2.75) is 13.8 Å². The van der Waals surface area contributed by atoms with Crippen molar-refractivity contribution in [2.75, 3.05) is 0 Å². The Balaban J connectivity index is 1.58. The maximum atomic E-state index is 12.3. The normalized spacial score (nSPS) is 16.6. The molecule has 1 N–H and O–H groups in total. The Morgan fingerprint density at radius 1 is 1.07 bits per heavy atom. The first-order valence-electron chi connectivity index (χ1n) is 8.81. The van der Waals surface area contributed by atoms with Crippen molar-refractivity contribution in [1.29, 1.82) is 0 Å². The third kappa shape index (κ3) is 4.42. The second-order valence-electron chi connectivity index (χ2n) is 6.63. The minimum atomic E-state index is -0.211. The zero-order valence-corrected chi connectivity index (χ0v) is 18.0. The molecule has 0 unspecified atom stereocenters. The molecule has 7 heteroatoms. The lowest BCUT2D eigenvalue weighted by Crippen LogP contribution is -2.19. The first kappa shape index (κ1) is 19.8. The molecule has 146 valence electrons. The largest absolute Gasteiger partial charge is 0.457 e. The molecule has 0 radical (unpaired) electrons. The van der Waals surface area contributed by atoms with E-state index >= 15 is 0 Å². The standard InChI is InChI=1S/C22H16Cl2N2O2S/c1-12-8-13(2)10-14(9-12)25-22-26-21(27)19(29-22)11-15-6-7-18(28-15)16-4-3-5-17(23)20(16)24/h3-11H,1-2H3,(H,25,26,27)/b19-11-. The number of hydrogen-bond acceptors (Lipinski definition) is 4. The Kier molecular flexibility index (Phi) is 5.54. The molecule has 4 rings (SSSR count). The minimum absolute atomic E-state index is 0.211. The summed E-state index contributed by atoms with van der Waals surface area (Å²) >= 11 is 13.6.